The largest absolute Gasteiger partial charge is 0.507 e. The molecule has 1 aromatic heterocycles. The van der Waals surface area contributed by atoms with E-state index in [1.165, 1.54) is 11.2 Å². The number of hydrogen-bond donors (Lipinski definition) is 2. The topological polar surface area (TPSA) is 54.9 Å². The second kappa shape index (κ2) is 9.56. The summed E-state index contributed by atoms with van der Waals surface area (Å²) in [6, 6.07) is 12.8. The summed E-state index contributed by atoms with van der Waals surface area (Å²) in [6.45, 7) is 7.15. The van der Waals surface area contributed by atoms with Gasteiger partial charge in [0.1, 0.15) is 24.1 Å². The number of fused-ring (bicyclic) bond motifs is 1. The molecule has 0 atom stereocenters. The number of phenolic OH excluding ortho intramolecular Hbond substituents is 1. The van der Waals surface area contributed by atoms with Crippen LogP contribution in [-0.2, 0) is 6.54 Å². The summed E-state index contributed by atoms with van der Waals surface area (Å²) in [5.74, 6) is 0.202. The van der Waals surface area contributed by atoms with Crippen LogP contribution >= 0.6 is 0 Å². The van der Waals surface area contributed by atoms with Crippen LogP contribution in [0.4, 0.5) is 0 Å². The molecule has 0 saturated carbocycles. The highest BCUT2D eigenvalue weighted by molar-refractivity contribution is 5.85. The van der Waals surface area contributed by atoms with Crippen LogP contribution in [0.3, 0.4) is 0 Å². The van der Waals surface area contributed by atoms with Crippen molar-refractivity contribution in [2.75, 3.05) is 13.1 Å². The second-order valence-electron chi connectivity index (χ2n) is 7.42. The van der Waals surface area contributed by atoms with Crippen LogP contribution in [0.1, 0.15) is 45.1 Å². The van der Waals surface area contributed by atoms with E-state index in [-0.39, 0.29) is 11.2 Å². The van der Waals surface area contributed by atoms with Gasteiger partial charge in [0.15, 0.2) is 0 Å². The zero-order valence-electron chi connectivity index (χ0n) is 16.8. The van der Waals surface area contributed by atoms with Crippen molar-refractivity contribution in [3.05, 3.63) is 64.5 Å². The highest BCUT2D eigenvalue weighted by Crippen LogP contribution is 2.27. The molecule has 4 heteroatoms. The van der Waals surface area contributed by atoms with Gasteiger partial charge in [0.2, 0.25) is 5.43 Å². The molecule has 3 rings (SSSR count). The standard InChI is InChI=1S/C24H29NO3/c1-3-5-14-25(15-6-4-2)16-20-22(26)13-12-19-23(27)21(17-28-24(19)20)18-10-8-7-9-11-18/h7-13,17,26H,3-6,14-16H2,1-2H3/p+1. The molecule has 0 spiro atoms. The molecule has 0 aliphatic rings. The van der Waals surface area contributed by atoms with E-state index in [4.69, 9.17) is 4.42 Å². The smallest absolute Gasteiger partial charge is 0.200 e. The van der Waals surface area contributed by atoms with Crippen LogP contribution in [0, 0.1) is 0 Å². The van der Waals surface area contributed by atoms with E-state index in [9.17, 15) is 9.90 Å². The zero-order chi connectivity index (χ0) is 19.9. The lowest BCUT2D eigenvalue weighted by Gasteiger charge is -2.20. The van der Waals surface area contributed by atoms with Gasteiger partial charge in [0.05, 0.1) is 29.6 Å². The van der Waals surface area contributed by atoms with Crippen LogP contribution in [0.5, 0.6) is 5.75 Å². The van der Waals surface area contributed by atoms with Crippen LogP contribution in [0.15, 0.2) is 57.9 Å². The van der Waals surface area contributed by atoms with E-state index in [1.54, 1.807) is 12.1 Å². The fourth-order valence-corrected chi connectivity index (χ4v) is 3.64. The number of quaternary nitrogens is 1. The predicted molar refractivity (Wildman–Crippen MR) is 114 cm³/mol. The highest BCUT2D eigenvalue weighted by Gasteiger charge is 2.19. The fourth-order valence-electron chi connectivity index (χ4n) is 3.64. The van der Waals surface area contributed by atoms with Crippen LogP contribution < -0.4 is 10.3 Å². The van der Waals surface area contributed by atoms with Gasteiger partial charge in [0, 0.05) is 0 Å². The lowest BCUT2D eigenvalue weighted by atomic mass is 10.0. The average molecular weight is 381 g/mol. The number of aromatic hydroxyl groups is 1. The molecule has 0 aliphatic heterocycles. The van der Waals surface area contributed by atoms with Crippen molar-refractivity contribution in [2.45, 2.75) is 46.1 Å². The number of nitrogens with one attached hydrogen (secondary N) is 1. The van der Waals surface area contributed by atoms with Gasteiger partial charge in [-0.3, -0.25) is 4.79 Å². The van der Waals surface area contributed by atoms with Crippen molar-refractivity contribution in [3.63, 3.8) is 0 Å². The lowest BCUT2D eigenvalue weighted by molar-refractivity contribution is -0.914. The first kappa shape index (κ1) is 20.2. The summed E-state index contributed by atoms with van der Waals surface area (Å²) in [5.41, 5.74) is 2.57. The molecule has 0 amide bonds. The van der Waals surface area contributed by atoms with Crippen molar-refractivity contribution < 1.29 is 14.4 Å². The van der Waals surface area contributed by atoms with Gasteiger partial charge < -0.3 is 14.4 Å². The Morgan fingerprint density at radius 3 is 2.29 bits per heavy atom. The van der Waals surface area contributed by atoms with Crippen LogP contribution in [0.2, 0.25) is 0 Å². The van der Waals surface area contributed by atoms with Gasteiger partial charge in [-0.05, 0) is 30.5 Å². The van der Waals surface area contributed by atoms with E-state index < -0.39 is 0 Å². The molecule has 4 nitrogen and oxygen atoms in total. The third-order valence-electron chi connectivity index (χ3n) is 5.30. The molecule has 0 radical (unpaired) electrons. The lowest BCUT2D eigenvalue weighted by Crippen LogP contribution is -3.10. The minimum atomic E-state index is -0.0580. The third-order valence-corrected chi connectivity index (χ3v) is 5.30. The Morgan fingerprint density at radius 1 is 0.964 bits per heavy atom. The first-order chi connectivity index (χ1) is 13.7. The van der Waals surface area contributed by atoms with Gasteiger partial charge >= 0.3 is 0 Å². The summed E-state index contributed by atoms with van der Waals surface area (Å²) in [5, 5.41) is 11.0. The number of rotatable bonds is 9. The van der Waals surface area contributed by atoms with Crippen molar-refractivity contribution in [1.29, 1.82) is 0 Å². The first-order valence-electron chi connectivity index (χ1n) is 10.3. The Hall–Kier alpha value is -2.59. The first-order valence-corrected chi connectivity index (χ1v) is 10.3. The minimum absolute atomic E-state index is 0.0580. The van der Waals surface area contributed by atoms with Gasteiger partial charge in [-0.2, -0.15) is 0 Å². The maximum Gasteiger partial charge on any atom is 0.200 e. The van der Waals surface area contributed by atoms with E-state index >= 15 is 0 Å². The Balaban J connectivity index is 2.01. The minimum Gasteiger partial charge on any atom is -0.507 e. The number of phenols is 1. The Bertz CT molecular complexity index is 955. The quantitative estimate of drug-likeness (QED) is 0.586. The molecule has 2 N–H and O–H groups in total. The predicted octanol–water partition coefficient (Wildman–Crippen LogP) is 4.15. The normalized spacial score (nSPS) is 11.4. The molecule has 28 heavy (non-hydrogen) atoms. The second-order valence-corrected chi connectivity index (χ2v) is 7.42. The number of unbranched alkanes of at least 4 members (excludes halogenated alkanes) is 2. The molecule has 0 aliphatic carbocycles. The summed E-state index contributed by atoms with van der Waals surface area (Å²) < 4.78 is 5.93. The monoisotopic (exact) mass is 380 g/mol. The molecular formula is C24H30NO3+. The summed E-state index contributed by atoms with van der Waals surface area (Å²) in [7, 11) is 0. The molecule has 1 heterocycles. The Kier molecular flexibility index (Phi) is 6.88. The van der Waals surface area contributed by atoms with Gasteiger partial charge in [-0.15, -0.1) is 0 Å². The summed E-state index contributed by atoms with van der Waals surface area (Å²) in [4.78, 5) is 14.5. The SMILES string of the molecule is CCCC[NH+](CCCC)Cc1c(O)ccc2c(=O)c(-c3ccccc3)coc12. The van der Waals surface area contributed by atoms with E-state index in [2.05, 4.69) is 13.8 Å². The van der Waals surface area contributed by atoms with Crippen LogP contribution in [0.25, 0.3) is 22.1 Å². The molecular weight excluding hydrogens is 350 g/mol. The maximum absolute atomic E-state index is 13.1. The summed E-state index contributed by atoms with van der Waals surface area (Å²) >= 11 is 0. The van der Waals surface area contributed by atoms with Gasteiger partial charge in [-0.1, -0.05) is 57.0 Å². The van der Waals surface area contributed by atoms with Gasteiger partial charge in [0.25, 0.3) is 0 Å². The number of benzene rings is 2. The van der Waals surface area contributed by atoms with Crippen molar-refractivity contribution in [2.24, 2.45) is 0 Å². The molecule has 0 saturated heterocycles. The molecule has 0 bridgehead atoms. The van der Waals surface area contributed by atoms with E-state index in [0.29, 0.717) is 23.1 Å². The molecule has 0 unspecified atom stereocenters. The average Bonchev–Trinajstić information content (AvgIpc) is 2.72. The molecule has 2 aromatic carbocycles. The van der Waals surface area contributed by atoms with Crippen molar-refractivity contribution >= 4 is 11.0 Å². The zero-order valence-corrected chi connectivity index (χ0v) is 16.8. The van der Waals surface area contributed by atoms with E-state index in [0.717, 1.165) is 49.9 Å². The van der Waals surface area contributed by atoms with Gasteiger partial charge in [-0.25, -0.2) is 0 Å². The fraction of sp³-hybridized carbons (Fsp3) is 0.375. The van der Waals surface area contributed by atoms with Crippen molar-refractivity contribution in [1.82, 2.24) is 0 Å². The molecule has 3 aromatic rings. The third kappa shape index (κ3) is 4.45. The highest BCUT2D eigenvalue weighted by atomic mass is 16.3. The van der Waals surface area contributed by atoms with E-state index in [1.807, 2.05) is 30.3 Å². The Labute approximate surface area is 166 Å². The molecule has 148 valence electrons. The van der Waals surface area contributed by atoms with Crippen LogP contribution in [-0.4, -0.2) is 18.2 Å². The summed E-state index contributed by atoms with van der Waals surface area (Å²) in [6.07, 6.45) is 6.11. The molecule has 0 fully saturated rings. The Morgan fingerprint density at radius 2 is 1.64 bits per heavy atom. The van der Waals surface area contributed by atoms with Crippen molar-refractivity contribution in [3.8, 4) is 16.9 Å². The maximum atomic E-state index is 13.1. The number of hydrogen-bond acceptors (Lipinski definition) is 3.